The minimum absolute atomic E-state index is 0.0399. The van der Waals surface area contributed by atoms with Gasteiger partial charge >= 0.3 is 204 Å². The van der Waals surface area contributed by atoms with Crippen LogP contribution in [0.15, 0.2) is 36.7 Å². The Hall–Kier alpha value is -2.62. The number of nitrogens with zero attached hydrogens (tertiary/aromatic N) is 1. The molecule has 0 saturated heterocycles. The molecule has 5 rings (SSSR count). The number of hydrogen-bond donors (Lipinski definition) is 4. The summed E-state index contributed by atoms with van der Waals surface area (Å²) in [5, 5.41) is 6.19. The molecular weight excluding hydrogens is 647 g/mol. The van der Waals surface area contributed by atoms with Gasteiger partial charge in [-0.05, 0) is 0 Å². The van der Waals surface area contributed by atoms with Gasteiger partial charge in [0.2, 0.25) is 0 Å². The van der Waals surface area contributed by atoms with Crippen molar-refractivity contribution in [2.24, 2.45) is 0 Å². The van der Waals surface area contributed by atoms with E-state index in [4.69, 9.17) is 7.80 Å². The molecule has 32 heavy (non-hydrogen) atoms. The fourth-order valence-electron chi connectivity index (χ4n) is 3.59. The second-order valence-electron chi connectivity index (χ2n) is 6.82. The molecule has 1 aromatic carbocycles. The van der Waals surface area contributed by atoms with E-state index < -0.39 is 48.9 Å². The van der Waals surface area contributed by atoms with Gasteiger partial charge in [0.25, 0.3) is 0 Å². The van der Waals surface area contributed by atoms with Crippen LogP contribution in [0.25, 0.3) is 11.3 Å². The van der Waals surface area contributed by atoms with Crippen LogP contribution < -0.4 is 65.1 Å². The van der Waals surface area contributed by atoms with Crippen molar-refractivity contribution >= 4 is 21.2 Å². The SMILES string of the molecule is COc1c(F)cccc1Nc1c2[nH]c3c1C(=O)NC(C3)[I-]NC(=O)[I-]Oc1cnccc1-2. The molecule has 0 fully saturated rings. The first-order chi connectivity index (χ1) is 15.5. The van der Waals surface area contributed by atoms with Crippen molar-refractivity contribution in [3.05, 3.63) is 53.7 Å². The van der Waals surface area contributed by atoms with Crippen LogP contribution in [0.4, 0.5) is 20.6 Å². The predicted octanol–water partition coefficient (Wildman–Crippen LogP) is -3.31. The number of benzene rings is 1. The summed E-state index contributed by atoms with van der Waals surface area (Å²) in [6, 6.07) is 6.28. The Morgan fingerprint density at radius 1 is 1.31 bits per heavy atom. The minimum atomic E-state index is -1.27. The monoisotopic (exact) mass is 663 g/mol. The van der Waals surface area contributed by atoms with Crippen LogP contribution in [0.1, 0.15) is 16.1 Å². The average Bonchev–Trinajstić information content (AvgIpc) is 3.15. The maximum atomic E-state index is 14.3. The molecule has 2 aliphatic rings. The molecule has 9 nitrogen and oxygen atoms in total. The van der Waals surface area contributed by atoms with E-state index >= 15 is 0 Å². The van der Waals surface area contributed by atoms with Crippen molar-refractivity contribution in [1.29, 1.82) is 0 Å². The molecule has 2 aromatic heterocycles. The topological polar surface area (TPSA) is 117 Å². The number of nitrogens with one attached hydrogen (secondary N) is 4. The molecule has 168 valence electrons. The van der Waals surface area contributed by atoms with Crippen LogP contribution in [0.3, 0.4) is 0 Å². The number of aromatic nitrogens is 2. The van der Waals surface area contributed by atoms with Gasteiger partial charge in [0.1, 0.15) is 0 Å². The Morgan fingerprint density at radius 2 is 2.19 bits per heavy atom. The molecule has 1 atom stereocenters. The van der Waals surface area contributed by atoms with Crippen molar-refractivity contribution in [2.75, 3.05) is 12.4 Å². The standard InChI is InChI=1S/C20H16FI2N5O4/c1-31-18-10(21)3-2-4-11(18)25-17-15-12-7-14(27-19(15)29)22-28-20(30)23-32-13-8-24-6-5-9(13)16(17)26-12/h2-6,8,14,25-26H,7H2,1H3,(H,27,29)(H,28,30)/q-2. The number of para-hydroxylation sites is 1. The summed E-state index contributed by atoms with van der Waals surface area (Å²) in [4.78, 5) is 32.9. The van der Waals surface area contributed by atoms with E-state index in [9.17, 15) is 14.0 Å². The number of ether oxygens (including phenoxy) is 1. The van der Waals surface area contributed by atoms with E-state index in [1.54, 1.807) is 30.6 Å². The molecule has 1 unspecified atom stereocenters. The average molecular weight is 663 g/mol. The van der Waals surface area contributed by atoms with Gasteiger partial charge in [-0.25, -0.2) is 0 Å². The third-order valence-electron chi connectivity index (χ3n) is 4.91. The zero-order chi connectivity index (χ0) is 22.2. The van der Waals surface area contributed by atoms with Crippen molar-refractivity contribution in [1.82, 2.24) is 18.8 Å². The molecular formula is C20H16FI2N5O4-2. The van der Waals surface area contributed by atoms with Gasteiger partial charge in [0.05, 0.1) is 0 Å². The number of fused-ring (bicyclic) bond motifs is 4. The summed E-state index contributed by atoms with van der Waals surface area (Å²) in [5.74, 6) is -0.320. The number of rotatable bonds is 3. The van der Waals surface area contributed by atoms with Crippen LogP contribution >= 0.6 is 0 Å². The van der Waals surface area contributed by atoms with Crippen LogP contribution in [-0.2, 0) is 6.42 Å². The quantitative estimate of drug-likeness (QED) is 0.0768. The predicted molar refractivity (Wildman–Crippen MR) is 104 cm³/mol. The number of alkyl halides is 1. The molecule has 2 aliphatic heterocycles. The Morgan fingerprint density at radius 3 is 3.03 bits per heavy atom. The number of anilines is 2. The molecule has 0 radical (unpaired) electrons. The maximum absolute atomic E-state index is 14.3. The molecule has 0 aliphatic carbocycles. The van der Waals surface area contributed by atoms with Gasteiger partial charge in [-0.1, -0.05) is 0 Å². The zero-order valence-electron chi connectivity index (χ0n) is 16.5. The van der Waals surface area contributed by atoms with Gasteiger partial charge in [-0.15, -0.1) is 0 Å². The Labute approximate surface area is 203 Å². The second kappa shape index (κ2) is 8.73. The summed E-state index contributed by atoms with van der Waals surface area (Å²) in [6.45, 7) is 0. The number of carbonyl (C=O) groups excluding carboxylic acids is 2. The fourth-order valence-corrected chi connectivity index (χ4v) is 7.53. The number of methoxy groups -OCH3 is 1. The molecule has 3 aromatic rings. The number of amides is 2. The zero-order valence-corrected chi connectivity index (χ0v) is 20.8. The summed E-state index contributed by atoms with van der Waals surface area (Å²) < 4.78 is 28.0. The number of carbonyl (C=O) groups is 2. The number of halogens is 3. The van der Waals surface area contributed by atoms with E-state index in [-0.39, 0.29) is 19.6 Å². The number of H-pyrrole nitrogens is 1. The molecule has 2 amide bonds. The van der Waals surface area contributed by atoms with Crippen molar-refractivity contribution in [3.63, 3.8) is 0 Å². The number of hydrogen-bond acceptors (Lipinski definition) is 6. The molecule has 4 heterocycles. The summed E-state index contributed by atoms with van der Waals surface area (Å²) in [5.41, 5.74) is 3.26. The van der Waals surface area contributed by atoms with E-state index in [1.807, 2.05) is 0 Å². The fraction of sp³-hybridized carbons (Fsp3) is 0.150. The summed E-state index contributed by atoms with van der Waals surface area (Å²) in [6.07, 6.45) is 3.69. The first-order valence-electron chi connectivity index (χ1n) is 9.39. The molecule has 0 spiro atoms. The van der Waals surface area contributed by atoms with Crippen LogP contribution in [-0.4, -0.2) is 30.9 Å². The van der Waals surface area contributed by atoms with E-state index in [0.717, 1.165) is 5.69 Å². The normalized spacial score (nSPS) is 17.8. The molecule has 4 N–H and O–H groups in total. The van der Waals surface area contributed by atoms with Gasteiger partial charge in [0, 0.05) is 0 Å². The van der Waals surface area contributed by atoms with Crippen molar-refractivity contribution < 1.29 is 64.9 Å². The third-order valence-corrected chi connectivity index (χ3v) is 9.61. The molecule has 3 bridgehead atoms. The Kier molecular flexibility index (Phi) is 5.79. The van der Waals surface area contributed by atoms with E-state index in [1.165, 1.54) is 13.2 Å². The second-order valence-corrected chi connectivity index (χ2v) is 11.3. The van der Waals surface area contributed by atoms with Gasteiger partial charge < -0.3 is 0 Å². The molecule has 0 saturated carbocycles. The first-order valence-corrected chi connectivity index (χ1v) is 13.7. The molecule has 12 heteroatoms. The van der Waals surface area contributed by atoms with Gasteiger partial charge in [-0.2, -0.15) is 0 Å². The van der Waals surface area contributed by atoms with Gasteiger partial charge in [-0.3, -0.25) is 0 Å². The first kappa shape index (κ1) is 21.2. The van der Waals surface area contributed by atoms with Crippen molar-refractivity contribution in [3.8, 4) is 22.8 Å². The third kappa shape index (κ3) is 3.85. The Bertz CT molecular complexity index is 1230. The summed E-state index contributed by atoms with van der Waals surface area (Å²) in [7, 11) is 1.38. The van der Waals surface area contributed by atoms with Crippen LogP contribution in [0.2, 0.25) is 0 Å². The number of pyridine rings is 1. The van der Waals surface area contributed by atoms with E-state index in [2.05, 4.69) is 24.1 Å². The number of aromatic amines is 1. The van der Waals surface area contributed by atoms with Gasteiger partial charge in [0.15, 0.2) is 0 Å². The van der Waals surface area contributed by atoms with Crippen molar-refractivity contribution in [2.45, 2.75) is 10.5 Å². The Balaban J connectivity index is 1.71. The van der Waals surface area contributed by atoms with E-state index in [0.29, 0.717) is 40.4 Å². The van der Waals surface area contributed by atoms with Crippen LogP contribution in [0.5, 0.6) is 11.5 Å². The van der Waals surface area contributed by atoms with Crippen LogP contribution in [0, 0.1) is 5.82 Å². The summed E-state index contributed by atoms with van der Waals surface area (Å²) >= 11 is -2.09.